The normalized spacial score (nSPS) is 16.9. The van der Waals surface area contributed by atoms with Crippen LogP contribution in [0.25, 0.3) is 0 Å². The second kappa shape index (κ2) is 7.50. The van der Waals surface area contributed by atoms with Crippen LogP contribution >= 0.6 is 11.6 Å². The van der Waals surface area contributed by atoms with E-state index >= 15 is 0 Å². The number of rotatable bonds is 5. The van der Waals surface area contributed by atoms with Crippen molar-refractivity contribution >= 4 is 23.4 Å². The highest BCUT2D eigenvalue weighted by Gasteiger charge is 2.26. The maximum absolute atomic E-state index is 11.7. The third-order valence-electron chi connectivity index (χ3n) is 2.97. The van der Waals surface area contributed by atoms with Gasteiger partial charge < -0.3 is 15.3 Å². The molecule has 5 nitrogen and oxygen atoms in total. The SMILES string of the molecule is O=C(NCCCO)C1CCN(C(=O)CCl)CC1. The molecule has 6 heteroatoms. The van der Waals surface area contributed by atoms with Gasteiger partial charge in [-0.3, -0.25) is 9.59 Å². The average molecular weight is 263 g/mol. The summed E-state index contributed by atoms with van der Waals surface area (Å²) in [5.74, 6) is -0.0526. The van der Waals surface area contributed by atoms with Gasteiger partial charge in [-0.25, -0.2) is 0 Å². The number of aliphatic hydroxyl groups is 1. The van der Waals surface area contributed by atoms with E-state index in [-0.39, 0.29) is 30.2 Å². The molecule has 98 valence electrons. The second-order valence-electron chi connectivity index (χ2n) is 4.16. The van der Waals surface area contributed by atoms with Crippen LogP contribution < -0.4 is 5.32 Å². The number of amides is 2. The quantitative estimate of drug-likeness (QED) is 0.540. The lowest BCUT2D eigenvalue weighted by Gasteiger charge is -2.30. The topological polar surface area (TPSA) is 69.6 Å². The van der Waals surface area contributed by atoms with Crippen molar-refractivity contribution in [3.63, 3.8) is 0 Å². The van der Waals surface area contributed by atoms with Gasteiger partial charge in [0.05, 0.1) is 0 Å². The second-order valence-corrected chi connectivity index (χ2v) is 4.42. The summed E-state index contributed by atoms with van der Waals surface area (Å²) in [7, 11) is 0. The molecule has 0 radical (unpaired) electrons. The lowest BCUT2D eigenvalue weighted by Crippen LogP contribution is -2.43. The number of carbonyl (C=O) groups is 2. The molecular formula is C11H19ClN2O3. The molecule has 1 fully saturated rings. The molecule has 1 aliphatic heterocycles. The van der Waals surface area contributed by atoms with Crippen molar-refractivity contribution in [2.45, 2.75) is 19.3 Å². The van der Waals surface area contributed by atoms with Gasteiger partial charge in [-0.15, -0.1) is 11.6 Å². The summed E-state index contributed by atoms with van der Waals surface area (Å²) in [6.07, 6.45) is 1.95. The van der Waals surface area contributed by atoms with E-state index in [9.17, 15) is 9.59 Å². The lowest BCUT2D eigenvalue weighted by atomic mass is 9.96. The molecule has 0 aliphatic carbocycles. The first-order valence-corrected chi connectivity index (χ1v) is 6.44. The van der Waals surface area contributed by atoms with Crippen LogP contribution in [-0.4, -0.2) is 53.9 Å². The van der Waals surface area contributed by atoms with E-state index < -0.39 is 0 Å². The summed E-state index contributed by atoms with van der Waals surface area (Å²) >= 11 is 5.47. The molecule has 0 atom stereocenters. The highest BCUT2D eigenvalue weighted by molar-refractivity contribution is 6.27. The molecular weight excluding hydrogens is 244 g/mol. The van der Waals surface area contributed by atoms with Gasteiger partial charge in [-0.1, -0.05) is 0 Å². The zero-order chi connectivity index (χ0) is 12.7. The molecule has 1 saturated heterocycles. The fourth-order valence-corrected chi connectivity index (χ4v) is 2.08. The Labute approximate surface area is 106 Å². The van der Waals surface area contributed by atoms with Crippen LogP contribution in [0.2, 0.25) is 0 Å². The molecule has 0 unspecified atom stereocenters. The highest BCUT2D eigenvalue weighted by atomic mass is 35.5. The van der Waals surface area contributed by atoms with Gasteiger partial charge >= 0.3 is 0 Å². The van der Waals surface area contributed by atoms with E-state index in [1.807, 2.05) is 0 Å². The van der Waals surface area contributed by atoms with Crippen molar-refractivity contribution in [3.05, 3.63) is 0 Å². The van der Waals surface area contributed by atoms with Gasteiger partial charge in [-0.05, 0) is 19.3 Å². The Balaban J connectivity index is 2.26. The molecule has 0 aromatic rings. The summed E-state index contributed by atoms with van der Waals surface area (Å²) in [4.78, 5) is 24.7. The monoisotopic (exact) mass is 262 g/mol. The van der Waals surface area contributed by atoms with Crippen molar-refractivity contribution < 1.29 is 14.7 Å². The van der Waals surface area contributed by atoms with Gasteiger partial charge in [0.15, 0.2) is 0 Å². The Morgan fingerprint density at radius 1 is 1.35 bits per heavy atom. The van der Waals surface area contributed by atoms with E-state index in [4.69, 9.17) is 16.7 Å². The third-order valence-corrected chi connectivity index (χ3v) is 3.20. The zero-order valence-corrected chi connectivity index (χ0v) is 10.6. The summed E-state index contributed by atoms with van der Waals surface area (Å²) in [5, 5.41) is 11.4. The van der Waals surface area contributed by atoms with Crippen molar-refractivity contribution in [3.8, 4) is 0 Å². The number of nitrogens with zero attached hydrogens (tertiary/aromatic N) is 1. The molecule has 1 rings (SSSR count). The van der Waals surface area contributed by atoms with Gasteiger partial charge in [-0.2, -0.15) is 0 Å². The first kappa shape index (κ1) is 14.3. The summed E-state index contributed by atoms with van der Waals surface area (Å²) in [6, 6.07) is 0. The zero-order valence-electron chi connectivity index (χ0n) is 9.82. The van der Waals surface area contributed by atoms with Gasteiger partial charge in [0.1, 0.15) is 5.88 Å². The van der Waals surface area contributed by atoms with Crippen LogP contribution in [0.1, 0.15) is 19.3 Å². The summed E-state index contributed by atoms with van der Waals surface area (Å²) < 4.78 is 0. The molecule has 1 aliphatic rings. The number of likely N-dealkylation sites (tertiary alicyclic amines) is 1. The Morgan fingerprint density at radius 3 is 2.53 bits per heavy atom. The van der Waals surface area contributed by atoms with E-state index in [0.29, 0.717) is 38.9 Å². The number of nitrogens with one attached hydrogen (secondary N) is 1. The van der Waals surface area contributed by atoms with Gasteiger partial charge in [0.2, 0.25) is 11.8 Å². The van der Waals surface area contributed by atoms with Crippen molar-refractivity contribution in [1.82, 2.24) is 10.2 Å². The molecule has 2 amide bonds. The van der Waals surface area contributed by atoms with Crippen LogP contribution in [0.5, 0.6) is 0 Å². The van der Waals surface area contributed by atoms with Crippen LogP contribution in [0, 0.1) is 5.92 Å². The predicted molar refractivity (Wildman–Crippen MR) is 64.7 cm³/mol. The minimum atomic E-state index is -0.0641. The van der Waals surface area contributed by atoms with E-state index in [0.717, 1.165) is 0 Å². The first-order valence-electron chi connectivity index (χ1n) is 5.91. The van der Waals surface area contributed by atoms with Crippen molar-refractivity contribution in [1.29, 1.82) is 0 Å². The number of halogens is 1. The summed E-state index contributed by atoms with van der Waals surface area (Å²) in [5.41, 5.74) is 0. The first-order chi connectivity index (χ1) is 8.19. The number of hydrogen-bond acceptors (Lipinski definition) is 3. The summed E-state index contributed by atoms with van der Waals surface area (Å²) in [6.45, 7) is 1.80. The standard InChI is InChI=1S/C11H19ClN2O3/c12-8-10(16)14-5-2-9(3-6-14)11(17)13-4-1-7-15/h9,15H,1-8H2,(H,13,17). The Morgan fingerprint density at radius 2 is 2.00 bits per heavy atom. The smallest absolute Gasteiger partial charge is 0.237 e. The van der Waals surface area contributed by atoms with E-state index in [1.54, 1.807) is 4.90 Å². The molecule has 0 spiro atoms. The maximum Gasteiger partial charge on any atom is 0.237 e. The molecule has 2 N–H and O–H groups in total. The number of carbonyl (C=O) groups excluding carboxylic acids is 2. The van der Waals surface area contributed by atoms with Crippen molar-refractivity contribution in [2.24, 2.45) is 5.92 Å². The third kappa shape index (κ3) is 4.52. The average Bonchev–Trinajstić information content (AvgIpc) is 2.38. The predicted octanol–water partition coefficient (Wildman–Crippen LogP) is -0.0376. The fourth-order valence-electron chi connectivity index (χ4n) is 1.91. The largest absolute Gasteiger partial charge is 0.396 e. The molecule has 0 bridgehead atoms. The van der Waals surface area contributed by atoms with Gasteiger partial charge in [0, 0.05) is 32.2 Å². The Kier molecular flexibility index (Phi) is 6.29. The Hall–Kier alpha value is -0.810. The molecule has 17 heavy (non-hydrogen) atoms. The molecule has 0 aromatic heterocycles. The van der Waals surface area contributed by atoms with E-state index in [1.165, 1.54) is 0 Å². The number of piperidine rings is 1. The maximum atomic E-state index is 11.7. The van der Waals surface area contributed by atoms with Crippen LogP contribution in [-0.2, 0) is 9.59 Å². The fraction of sp³-hybridized carbons (Fsp3) is 0.818. The molecule has 0 aromatic carbocycles. The highest BCUT2D eigenvalue weighted by Crippen LogP contribution is 2.17. The minimum Gasteiger partial charge on any atom is -0.396 e. The minimum absolute atomic E-state index is 0.00730. The lowest BCUT2D eigenvalue weighted by molar-refractivity contribution is -0.133. The van der Waals surface area contributed by atoms with Crippen LogP contribution in [0.4, 0.5) is 0 Å². The van der Waals surface area contributed by atoms with Crippen LogP contribution in [0.3, 0.4) is 0 Å². The molecule has 1 heterocycles. The number of hydrogen-bond donors (Lipinski definition) is 2. The van der Waals surface area contributed by atoms with Crippen molar-refractivity contribution in [2.75, 3.05) is 32.1 Å². The number of aliphatic hydroxyl groups excluding tert-OH is 1. The number of alkyl halides is 1. The Bertz CT molecular complexity index is 265. The van der Waals surface area contributed by atoms with Crippen LogP contribution in [0.15, 0.2) is 0 Å². The molecule has 0 saturated carbocycles. The van der Waals surface area contributed by atoms with Gasteiger partial charge in [0.25, 0.3) is 0 Å². The van der Waals surface area contributed by atoms with E-state index in [2.05, 4.69) is 5.32 Å².